The van der Waals surface area contributed by atoms with Crippen LogP contribution in [0.25, 0.3) is 11.5 Å². The van der Waals surface area contributed by atoms with Crippen LogP contribution in [0.1, 0.15) is 5.82 Å². The molecule has 0 spiro atoms. The lowest BCUT2D eigenvalue weighted by atomic mass is 10.3. The third-order valence-corrected chi connectivity index (χ3v) is 1.81. The van der Waals surface area contributed by atoms with Gasteiger partial charge >= 0.3 is 0 Å². The number of nitrogens with two attached hydrogens (primary N) is 1. The Labute approximate surface area is 93.5 Å². The molecule has 3 N–H and O–H groups in total. The summed E-state index contributed by atoms with van der Waals surface area (Å²) in [5.41, 5.74) is 6.18. The van der Waals surface area contributed by atoms with Crippen molar-refractivity contribution in [2.24, 2.45) is 5.73 Å². The molecule has 0 bridgehead atoms. The number of nitrogens with zero attached hydrogens (tertiary/aromatic N) is 3. The highest BCUT2D eigenvalue weighted by atomic mass is 35.5. The summed E-state index contributed by atoms with van der Waals surface area (Å²) in [6.07, 6.45) is 2.42. The first-order chi connectivity index (χ1) is 6.90. The molecular weight excluding hydrogens is 214 g/mol. The average Bonchev–Trinajstić information content (AvgIpc) is 2.68. The highest BCUT2D eigenvalue weighted by Crippen LogP contribution is 2.09. The molecule has 0 saturated heterocycles. The van der Waals surface area contributed by atoms with Crippen molar-refractivity contribution in [3.63, 3.8) is 0 Å². The molecule has 0 aliphatic heterocycles. The summed E-state index contributed by atoms with van der Waals surface area (Å²) < 4.78 is 0. The minimum Gasteiger partial charge on any atom is -0.330 e. The number of rotatable bonds is 3. The second kappa shape index (κ2) is 5.43. The highest BCUT2D eigenvalue weighted by molar-refractivity contribution is 5.85. The van der Waals surface area contributed by atoms with Gasteiger partial charge < -0.3 is 5.73 Å². The fraction of sp³-hybridized carbons (Fsp3) is 0.222. The van der Waals surface area contributed by atoms with Gasteiger partial charge in [-0.05, 0) is 18.7 Å². The predicted molar refractivity (Wildman–Crippen MR) is 59.6 cm³/mol. The third kappa shape index (κ3) is 2.74. The molecule has 2 rings (SSSR count). The van der Waals surface area contributed by atoms with Crippen molar-refractivity contribution < 1.29 is 0 Å². The molecule has 0 aromatic carbocycles. The Morgan fingerprint density at radius 3 is 2.87 bits per heavy atom. The van der Waals surface area contributed by atoms with Crippen LogP contribution in [0.15, 0.2) is 24.4 Å². The van der Waals surface area contributed by atoms with Crippen molar-refractivity contribution in [2.75, 3.05) is 6.54 Å². The number of pyridine rings is 1. The Kier molecular flexibility index (Phi) is 4.20. The van der Waals surface area contributed by atoms with E-state index in [4.69, 9.17) is 5.73 Å². The van der Waals surface area contributed by atoms with Gasteiger partial charge in [0.15, 0.2) is 5.82 Å². The molecule has 2 aromatic rings. The molecule has 6 heteroatoms. The lowest BCUT2D eigenvalue weighted by Gasteiger charge is -1.90. The van der Waals surface area contributed by atoms with Crippen LogP contribution in [-0.4, -0.2) is 26.7 Å². The smallest absolute Gasteiger partial charge is 0.199 e. The van der Waals surface area contributed by atoms with Crippen LogP contribution in [0.2, 0.25) is 0 Å². The molecule has 0 unspecified atom stereocenters. The van der Waals surface area contributed by atoms with E-state index in [1.165, 1.54) is 0 Å². The number of halogens is 1. The van der Waals surface area contributed by atoms with Crippen molar-refractivity contribution in [1.29, 1.82) is 0 Å². The van der Waals surface area contributed by atoms with Gasteiger partial charge in [-0.25, -0.2) is 4.98 Å². The number of hydrogen-bond donors (Lipinski definition) is 2. The van der Waals surface area contributed by atoms with Gasteiger partial charge in [-0.15, -0.1) is 12.4 Å². The van der Waals surface area contributed by atoms with Crippen molar-refractivity contribution in [3.05, 3.63) is 30.2 Å². The topological polar surface area (TPSA) is 80.5 Å². The van der Waals surface area contributed by atoms with Crippen LogP contribution in [0.5, 0.6) is 0 Å². The second-order valence-electron chi connectivity index (χ2n) is 2.86. The normalized spacial score (nSPS) is 9.67. The maximum Gasteiger partial charge on any atom is 0.199 e. The third-order valence-electron chi connectivity index (χ3n) is 1.81. The molecule has 0 aliphatic carbocycles. The van der Waals surface area contributed by atoms with Gasteiger partial charge in [0.05, 0.1) is 0 Å². The molecule has 0 saturated carbocycles. The summed E-state index contributed by atoms with van der Waals surface area (Å²) in [5.74, 6) is 1.42. The lowest BCUT2D eigenvalue weighted by Crippen LogP contribution is -2.03. The van der Waals surface area contributed by atoms with Gasteiger partial charge in [0.2, 0.25) is 0 Å². The van der Waals surface area contributed by atoms with Crippen LogP contribution in [0.3, 0.4) is 0 Å². The van der Waals surface area contributed by atoms with E-state index < -0.39 is 0 Å². The number of nitrogens with one attached hydrogen (secondary N) is 1. The van der Waals surface area contributed by atoms with E-state index >= 15 is 0 Å². The maximum absolute atomic E-state index is 5.41. The lowest BCUT2D eigenvalue weighted by molar-refractivity contribution is 0.874. The van der Waals surface area contributed by atoms with E-state index in [0.29, 0.717) is 18.8 Å². The first-order valence-corrected chi connectivity index (χ1v) is 4.43. The van der Waals surface area contributed by atoms with Gasteiger partial charge in [-0.3, -0.25) is 10.1 Å². The standard InChI is InChI=1S/C9H11N5.ClH/c10-5-4-8-12-9(14-13-8)7-3-1-2-6-11-7;/h1-3,6H,4-5,10H2,(H,12,13,14);1H. The Balaban J connectivity index is 0.00000112. The molecule has 0 aliphatic rings. The Morgan fingerprint density at radius 1 is 1.33 bits per heavy atom. The summed E-state index contributed by atoms with van der Waals surface area (Å²) in [7, 11) is 0. The van der Waals surface area contributed by atoms with Crippen molar-refractivity contribution in [3.8, 4) is 11.5 Å². The Hall–Kier alpha value is -1.46. The summed E-state index contributed by atoms with van der Waals surface area (Å²) in [5, 5.41) is 6.87. The van der Waals surface area contributed by atoms with E-state index in [1.54, 1.807) is 6.20 Å². The number of aromatic amines is 1. The van der Waals surface area contributed by atoms with E-state index in [-0.39, 0.29) is 12.4 Å². The second-order valence-corrected chi connectivity index (χ2v) is 2.86. The molecule has 0 amide bonds. The molecule has 2 aromatic heterocycles. The van der Waals surface area contributed by atoms with Gasteiger partial charge in [0.1, 0.15) is 11.5 Å². The minimum absolute atomic E-state index is 0. The summed E-state index contributed by atoms with van der Waals surface area (Å²) in [6, 6.07) is 5.63. The van der Waals surface area contributed by atoms with Crippen molar-refractivity contribution in [2.45, 2.75) is 6.42 Å². The molecule has 5 nitrogen and oxygen atoms in total. The molecular formula is C9H12ClN5. The largest absolute Gasteiger partial charge is 0.330 e. The van der Waals surface area contributed by atoms with Gasteiger partial charge in [-0.2, -0.15) is 5.10 Å². The van der Waals surface area contributed by atoms with Gasteiger partial charge in [-0.1, -0.05) is 6.07 Å². The van der Waals surface area contributed by atoms with Gasteiger partial charge in [0, 0.05) is 12.6 Å². The average molecular weight is 226 g/mol. The number of aromatic nitrogens is 4. The molecule has 2 heterocycles. The number of H-pyrrole nitrogens is 1. The zero-order valence-electron chi connectivity index (χ0n) is 8.05. The first-order valence-electron chi connectivity index (χ1n) is 4.43. The fourth-order valence-corrected chi connectivity index (χ4v) is 1.15. The van der Waals surface area contributed by atoms with Crippen molar-refractivity contribution >= 4 is 12.4 Å². The van der Waals surface area contributed by atoms with Crippen LogP contribution in [0.4, 0.5) is 0 Å². The quantitative estimate of drug-likeness (QED) is 0.810. The zero-order valence-corrected chi connectivity index (χ0v) is 8.87. The van der Waals surface area contributed by atoms with Crippen LogP contribution in [0, 0.1) is 0 Å². The SMILES string of the molecule is Cl.NCCc1nc(-c2ccccn2)n[nH]1. The molecule has 0 atom stereocenters. The van der Waals surface area contributed by atoms with Crippen LogP contribution >= 0.6 is 12.4 Å². The molecule has 0 radical (unpaired) electrons. The summed E-state index contributed by atoms with van der Waals surface area (Å²) in [4.78, 5) is 8.41. The van der Waals surface area contributed by atoms with E-state index in [1.807, 2.05) is 18.2 Å². The minimum atomic E-state index is 0. The molecule has 80 valence electrons. The van der Waals surface area contributed by atoms with E-state index in [9.17, 15) is 0 Å². The van der Waals surface area contributed by atoms with Crippen LogP contribution < -0.4 is 5.73 Å². The maximum atomic E-state index is 5.41. The Morgan fingerprint density at radius 2 is 2.20 bits per heavy atom. The predicted octanol–water partition coefficient (Wildman–Crippen LogP) is 0.790. The van der Waals surface area contributed by atoms with Gasteiger partial charge in [0.25, 0.3) is 0 Å². The Bertz CT molecular complexity index is 400. The molecule has 15 heavy (non-hydrogen) atoms. The number of hydrogen-bond acceptors (Lipinski definition) is 4. The zero-order chi connectivity index (χ0) is 9.80. The van der Waals surface area contributed by atoms with Crippen molar-refractivity contribution in [1.82, 2.24) is 20.2 Å². The monoisotopic (exact) mass is 225 g/mol. The summed E-state index contributed by atoms with van der Waals surface area (Å²) >= 11 is 0. The van der Waals surface area contributed by atoms with E-state index in [2.05, 4.69) is 20.2 Å². The fourth-order valence-electron chi connectivity index (χ4n) is 1.15. The molecule has 0 fully saturated rings. The first kappa shape index (κ1) is 11.6. The van der Waals surface area contributed by atoms with E-state index in [0.717, 1.165) is 11.5 Å². The van der Waals surface area contributed by atoms with Crippen LogP contribution in [-0.2, 0) is 6.42 Å². The summed E-state index contributed by atoms with van der Waals surface area (Å²) in [6.45, 7) is 0.566. The highest BCUT2D eigenvalue weighted by Gasteiger charge is 2.04.